The van der Waals surface area contributed by atoms with Crippen LogP contribution >= 0.6 is 0 Å². The van der Waals surface area contributed by atoms with Crippen molar-refractivity contribution in [3.05, 3.63) is 24.2 Å². The normalized spacial score (nSPS) is 21.0. The van der Waals surface area contributed by atoms with E-state index in [2.05, 4.69) is 22.0 Å². The highest BCUT2D eigenvalue weighted by Crippen LogP contribution is 2.20. The number of likely N-dealkylation sites (N-methyl/N-ethyl adjacent to an activating group) is 1. The number of likely N-dealkylation sites (tertiary alicyclic amines) is 1. The van der Waals surface area contributed by atoms with Crippen LogP contribution < -0.4 is 0 Å². The number of hydrogen-bond donors (Lipinski definition) is 1. The van der Waals surface area contributed by atoms with Crippen molar-refractivity contribution in [1.29, 1.82) is 0 Å². The Balaban J connectivity index is 1.86. The van der Waals surface area contributed by atoms with Gasteiger partial charge in [-0.3, -0.25) is 4.40 Å². The first-order chi connectivity index (χ1) is 9.28. The second-order valence-electron chi connectivity index (χ2n) is 5.21. The first-order valence-electron chi connectivity index (χ1n) is 7.04. The van der Waals surface area contributed by atoms with E-state index in [9.17, 15) is 5.11 Å². The van der Waals surface area contributed by atoms with Crippen molar-refractivity contribution in [3.8, 4) is 5.75 Å². The van der Waals surface area contributed by atoms with Crippen LogP contribution in [0.5, 0.6) is 5.75 Å². The number of hydrogen-bond acceptors (Lipinski definition) is 4. The van der Waals surface area contributed by atoms with Gasteiger partial charge in [-0.05, 0) is 38.1 Å². The molecule has 1 saturated heterocycles. The Morgan fingerprint density at radius 1 is 1.32 bits per heavy atom. The maximum absolute atomic E-state index is 9.59. The maximum atomic E-state index is 9.59. The van der Waals surface area contributed by atoms with Gasteiger partial charge in [0.15, 0.2) is 5.65 Å². The van der Waals surface area contributed by atoms with Crippen molar-refractivity contribution in [2.75, 3.05) is 13.1 Å². The molecule has 3 heterocycles. The second kappa shape index (κ2) is 5.17. The molecule has 1 fully saturated rings. The molecule has 0 amide bonds. The molecule has 1 N–H and O–H groups in total. The molecule has 1 unspecified atom stereocenters. The number of rotatable bonds is 3. The molecule has 102 valence electrons. The standard InChI is InChI=1S/C14H20N4O/c1-2-17-8-4-3-5-11(17)9-14-16-15-13-7-6-12(19)10-18(13)14/h6-7,10-11,19H,2-5,8-9H2,1H3. The van der Waals surface area contributed by atoms with E-state index in [1.54, 1.807) is 18.3 Å². The average Bonchev–Trinajstić information content (AvgIpc) is 2.82. The Bertz CT molecular complexity index is 566. The van der Waals surface area contributed by atoms with Gasteiger partial charge in [0, 0.05) is 12.5 Å². The molecule has 2 aromatic rings. The summed E-state index contributed by atoms with van der Waals surface area (Å²) in [5.74, 6) is 1.20. The van der Waals surface area contributed by atoms with Crippen molar-refractivity contribution in [1.82, 2.24) is 19.5 Å². The minimum absolute atomic E-state index is 0.254. The van der Waals surface area contributed by atoms with Gasteiger partial charge in [0.05, 0.1) is 6.20 Å². The van der Waals surface area contributed by atoms with Gasteiger partial charge in [0.2, 0.25) is 0 Å². The number of nitrogens with zero attached hydrogens (tertiary/aromatic N) is 4. The molecule has 0 bridgehead atoms. The van der Waals surface area contributed by atoms with E-state index in [1.807, 2.05) is 4.40 Å². The minimum atomic E-state index is 0.254. The van der Waals surface area contributed by atoms with E-state index >= 15 is 0 Å². The zero-order valence-electron chi connectivity index (χ0n) is 11.3. The molecule has 3 rings (SSSR count). The molecule has 1 aliphatic rings. The van der Waals surface area contributed by atoms with Crippen LogP contribution in [0.4, 0.5) is 0 Å². The minimum Gasteiger partial charge on any atom is -0.506 e. The first kappa shape index (κ1) is 12.4. The Hall–Kier alpha value is -1.62. The van der Waals surface area contributed by atoms with Gasteiger partial charge in [-0.2, -0.15) is 0 Å². The predicted molar refractivity (Wildman–Crippen MR) is 73.2 cm³/mol. The SMILES string of the molecule is CCN1CCCCC1Cc1nnc2ccc(O)cn12. The van der Waals surface area contributed by atoms with Crippen LogP contribution in [0.25, 0.3) is 5.65 Å². The topological polar surface area (TPSA) is 53.7 Å². The molecule has 0 saturated carbocycles. The van der Waals surface area contributed by atoms with Crippen LogP contribution in [0.2, 0.25) is 0 Å². The molecule has 0 aromatic carbocycles. The van der Waals surface area contributed by atoms with Crippen LogP contribution in [0.1, 0.15) is 32.0 Å². The fraction of sp³-hybridized carbons (Fsp3) is 0.571. The molecule has 0 radical (unpaired) electrons. The van der Waals surface area contributed by atoms with Crippen molar-refractivity contribution >= 4 is 5.65 Å². The van der Waals surface area contributed by atoms with Crippen molar-refractivity contribution in [2.24, 2.45) is 0 Å². The second-order valence-corrected chi connectivity index (χ2v) is 5.21. The zero-order chi connectivity index (χ0) is 13.2. The monoisotopic (exact) mass is 260 g/mol. The van der Waals surface area contributed by atoms with Gasteiger partial charge in [0.25, 0.3) is 0 Å². The van der Waals surface area contributed by atoms with Crippen LogP contribution in [-0.4, -0.2) is 43.7 Å². The highest BCUT2D eigenvalue weighted by molar-refractivity contribution is 5.41. The molecular formula is C14H20N4O. The predicted octanol–water partition coefficient (Wildman–Crippen LogP) is 1.85. The fourth-order valence-electron chi connectivity index (χ4n) is 2.98. The Kier molecular flexibility index (Phi) is 3.38. The van der Waals surface area contributed by atoms with Crippen molar-refractivity contribution in [3.63, 3.8) is 0 Å². The van der Waals surface area contributed by atoms with Crippen LogP contribution in [0.3, 0.4) is 0 Å². The number of aromatic nitrogens is 3. The quantitative estimate of drug-likeness (QED) is 0.915. The summed E-state index contributed by atoms with van der Waals surface area (Å²) in [5, 5.41) is 18.0. The third-order valence-electron chi connectivity index (χ3n) is 4.03. The lowest BCUT2D eigenvalue weighted by atomic mass is 9.99. The molecule has 5 nitrogen and oxygen atoms in total. The van der Waals surface area contributed by atoms with E-state index in [1.165, 1.54) is 25.8 Å². The summed E-state index contributed by atoms with van der Waals surface area (Å²) in [4.78, 5) is 2.52. The molecule has 19 heavy (non-hydrogen) atoms. The van der Waals surface area contributed by atoms with Gasteiger partial charge in [-0.25, -0.2) is 0 Å². The van der Waals surface area contributed by atoms with Gasteiger partial charge < -0.3 is 10.0 Å². The molecule has 5 heteroatoms. The van der Waals surface area contributed by atoms with E-state index in [0.29, 0.717) is 6.04 Å². The van der Waals surface area contributed by atoms with Crippen LogP contribution in [-0.2, 0) is 6.42 Å². The Labute approximate surface area is 112 Å². The highest BCUT2D eigenvalue weighted by atomic mass is 16.3. The summed E-state index contributed by atoms with van der Waals surface area (Å²) in [7, 11) is 0. The first-order valence-corrected chi connectivity index (χ1v) is 7.04. The summed E-state index contributed by atoms with van der Waals surface area (Å²) >= 11 is 0. The highest BCUT2D eigenvalue weighted by Gasteiger charge is 2.23. The summed E-state index contributed by atoms with van der Waals surface area (Å²) in [6.07, 6.45) is 6.42. The maximum Gasteiger partial charge on any atom is 0.161 e. The van der Waals surface area contributed by atoms with E-state index in [0.717, 1.165) is 24.4 Å². The van der Waals surface area contributed by atoms with Gasteiger partial charge >= 0.3 is 0 Å². The largest absolute Gasteiger partial charge is 0.506 e. The third-order valence-corrected chi connectivity index (χ3v) is 4.03. The van der Waals surface area contributed by atoms with Gasteiger partial charge in [0.1, 0.15) is 11.6 Å². The molecule has 0 aliphatic carbocycles. The summed E-state index contributed by atoms with van der Waals surface area (Å²) in [6, 6.07) is 3.99. The fourth-order valence-corrected chi connectivity index (χ4v) is 2.98. The number of fused-ring (bicyclic) bond motifs is 1. The third kappa shape index (κ3) is 2.42. The van der Waals surface area contributed by atoms with Gasteiger partial charge in [-0.15, -0.1) is 10.2 Å². The van der Waals surface area contributed by atoms with Crippen LogP contribution in [0, 0.1) is 0 Å². The molecule has 2 aromatic heterocycles. The number of aromatic hydroxyl groups is 1. The summed E-state index contributed by atoms with van der Waals surface area (Å²) in [6.45, 7) is 4.49. The lowest BCUT2D eigenvalue weighted by Gasteiger charge is -2.34. The number of pyridine rings is 1. The summed E-state index contributed by atoms with van der Waals surface area (Å²) in [5.41, 5.74) is 0.798. The molecule has 1 aliphatic heterocycles. The lowest BCUT2D eigenvalue weighted by Crippen LogP contribution is -2.40. The van der Waals surface area contributed by atoms with E-state index in [4.69, 9.17) is 0 Å². The number of piperidine rings is 1. The molecule has 1 atom stereocenters. The smallest absolute Gasteiger partial charge is 0.161 e. The van der Waals surface area contributed by atoms with E-state index in [-0.39, 0.29) is 5.75 Å². The average molecular weight is 260 g/mol. The Morgan fingerprint density at radius 3 is 3.05 bits per heavy atom. The van der Waals surface area contributed by atoms with Crippen molar-refractivity contribution in [2.45, 2.75) is 38.6 Å². The summed E-state index contributed by atoms with van der Waals surface area (Å²) < 4.78 is 1.90. The van der Waals surface area contributed by atoms with E-state index < -0.39 is 0 Å². The van der Waals surface area contributed by atoms with Crippen molar-refractivity contribution < 1.29 is 5.11 Å². The molecular weight excluding hydrogens is 240 g/mol. The molecule has 0 spiro atoms. The van der Waals surface area contributed by atoms with Gasteiger partial charge in [-0.1, -0.05) is 13.3 Å². The van der Waals surface area contributed by atoms with Crippen LogP contribution in [0.15, 0.2) is 18.3 Å². The lowest BCUT2D eigenvalue weighted by molar-refractivity contribution is 0.153. The zero-order valence-corrected chi connectivity index (χ0v) is 11.3. The Morgan fingerprint density at radius 2 is 2.21 bits per heavy atom.